The van der Waals surface area contributed by atoms with Crippen molar-refractivity contribution in [2.24, 2.45) is 0 Å². The summed E-state index contributed by atoms with van der Waals surface area (Å²) in [5.74, 6) is 0. The number of nitrogens with zero attached hydrogens (tertiary/aromatic N) is 3. The van der Waals surface area contributed by atoms with Crippen molar-refractivity contribution in [1.82, 2.24) is 9.78 Å². The topological polar surface area (TPSA) is 33.1 Å². The van der Waals surface area contributed by atoms with Crippen molar-refractivity contribution in [2.75, 3.05) is 24.3 Å². The summed E-state index contributed by atoms with van der Waals surface area (Å²) in [5, 5.41) is 7.83. The van der Waals surface area contributed by atoms with Gasteiger partial charge in [0.1, 0.15) is 0 Å². The molecule has 23 heavy (non-hydrogen) atoms. The van der Waals surface area contributed by atoms with Crippen LogP contribution in [0.15, 0.2) is 67.0 Å². The first-order valence-corrected chi connectivity index (χ1v) is 7.77. The van der Waals surface area contributed by atoms with E-state index in [1.54, 1.807) is 0 Å². The molecule has 0 bridgehead atoms. The fourth-order valence-corrected chi connectivity index (χ4v) is 2.43. The van der Waals surface area contributed by atoms with Gasteiger partial charge in [0.25, 0.3) is 0 Å². The van der Waals surface area contributed by atoms with Gasteiger partial charge in [-0.3, -0.25) is 4.68 Å². The second kappa shape index (κ2) is 7.01. The largest absolute Gasteiger partial charge is 0.378 e. The van der Waals surface area contributed by atoms with Crippen LogP contribution >= 0.6 is 0 Å². The van der Waals surface area contributed by atoms with E-state index < -0.39 is 0 Å². The van der Waals surface area contributed by atoms with Gasteiger partial charge >= 0.3 is 0 Å². The summed E-state index contributed by atoms with van der Waals surface area (Å²) in [6.07, 6.45) is 3.92. The molecule has 1 aromatic heterocycles. The lowest BCUT2D eigenvalue weighted by Gasteiger charge is -2.12. The number of benzene rings is 2. The van der Waals surface area contributed by atoms with Gasteiger partial charge in [-0.1, -0.05) is 42.5 Å². The van der Waals surface area contributed by atoms with Crippen molar-refractivity contribution in [3.05, 3.63) is 78.1 Å². The zero-order chi connectivity index (χ0) is 16.1. The molecule has 3 aromatic rings. The van der Waals surface area contributed by atoms with Gasteiger partial charge in [0.05, 0.1) is 18.4 Å². The molecule has 1 N–H and O–H groups in total. The molecule has 0 fully saturated rings. The van der Waals surface area contributed by atoms with E-state index >= 15 is 0 Å². The van der Waals surface area contributed by atoms with E-state index in [9.17, 15) is 0 Å². The number of aromatic nitrogens is 2. The quantitative estimate of drug-likeness (QED) is 0.755. The van der Waals surface area contributed by atoms with Crippen LogP contribution in [-0.2, 0) is 13.1 Å². The number of anilines is 2. The highest BCUT2D eigenvalue weighted by Gasteiger charge is 2.01. The van der Waals surface area contributed by atoms with Gasteiger partial charge < -0.3 is 10.2 Å². The van der Waals surface area contributed by atoms with Crippen LogP contribution in [0, 0.1) is 0 Å². The Hall–Kier alpha value is -2.75. The van der Waals surface area contributed by atoms with Gasteiger partial charge in [0, 0.05) is 32.5 Å². The highest BCUT2D eigenvalue weighted by molar-refractivity contribution is 5.47. The highest BCUT2D eigenvalue weighted by atomic mass is 15.3. The molecule has 4 heteroatoms. The van der Waals surface area contributed by atoms with E-state index in [0.717, 1.165) is 18.8 Å². The van der Waals surface area contributed by atoms with Crippen LogP contribution in [0.4, 0.5) is 11.4 Å². The van der Waals surface area contributed by atoms with Gasteiger partial charge in [0.2, 0.25) is 0 Å². The first kappa shape index (κ1) is 15.2. The summed E-state index contributed by atoms with van der Waals surface area (Å²) in [5.41, 5.74) is 4.76. The molecule has 2 aromatic carbocycles. The molecule has 4 nitrogen and oxygen atoms in total. The Balaban J connectivity index is 1.56. The third-order valence-electron chi connectivity index (χ3n) is 3.77. The minimum atomic E-state index is 0.792. The molecular weight excluding hydrogens is 284 g/mol. The average molecular weight is 306 g/mol. The van der Waals surface area contributed by atoms with Gasteiger partial charge in [-0.05, 0) is 23.3 Å². The summed E-state index contributed by atoms with van der Waals surface area (Å²) in [6, 6.07) is 18.9. The Labute approximate surface area is 137 Å². The predicted octanol–water partition coefficient (Wildman–Crippen LogP) is 3.61. The maximum atomic E-state index is 4.41. The normalized spacial score (nSPS) is 10.5. The van der Waals surface area contributed by atoms with Crippen LogP contribution in [0.25, 0.3) is 0 Å². The molecule has 1 heterocycles. The molecule has 0 aliphatic rings. The van der Waals surface area contributed by atoms with E-state index in [1.807, 2.05) is 37.2 Å². The van der Waals surface area contributed by atoms with Crippen LogP contribution in [0.3, 0.4) is 0 Å². The second-order valence-electron chi connectivity index (χ2n) is 5.83. The maximum Gasteiger partial charge on any atom is 0.0729 e. The Morgan fingerprint density at radius 2 is 1.70 bits per heavy atom. The molecule has 0 amide bonds. The van der Waals surface area contributed by atoms with Crippen LogP contribution < -0.4 is 10.2 Å². The summed E-state index contributed by atoms with van der Waals surface area (Å²) >= 11 is 0. The van der Waals surface area contributed by atoms with Crippen molar-refractivity contribution in [2.45, 2.75) is 13.1 Å². The molecule has 118 valence electrons. The van der Waals surface area contributed by atoms with E-state index in [4.69, 9.17) is 0 Å². The third-order valence-corrected chi connectivity index (χ3v) is 3.77. The first-order chi connectivity index (χ1) is 11.2. The molecule has 0 saturated carbocycles. The lowest BCUT2D eigenvalue weighted by atomic mass is 10.2. The molecule has 0 saturated heterocycles. The highest BCUT2D eigenvalue weighted by Crippen LogP contribution is 2.14. The van der Waals surface area contributed by atoms with E-state index in [2.05, 4.69) is 63.8 Å². The molecule has 0 radical (unpaired) electrons. The molecule has 0 aliphatic carbocycles. The minimum absolute atomic E-state index is 0.792. The van der Waals surface area contributed by atoms with Crippen molar-refractivity contribution in [3.63, 3.8) is 0 Å². The van der Waals surface area contributed by atoms with Gasteiger partial charge in [-0.15, -0.1) is 0 Å². The van der Waals surface area contributed by atoms with Crippen molar-refractivity contribution < 1.29 is 0 Å². The lowest BCUT2D eigenvalue weighted by Crippen LogP contribution is -2.08. The Kier molecular flexibility index (Phi) is 4.62. The molecule has 0 atom stereocenters. The van der Waals surface area contributed by atoms with Crippen molar-refractivity contribution in [1.29, 1.82) is 0 Å². The fraction of sp³-hybridized carbons (Fsp3) is 0.211. The first-order valence-electron chi connectivity index (χ1n) is 7.77. The van der Waals surface area contributed by atoms with Crippen LogP contribution in [0.1, 0.15) is 11.1 Å². The summed E-state index contributed by atoms with van der Waals surface area (Å²) in [6.45, 7) is 1.59. The molecule has 0 unspecified atom stereocenters. The monoisotopic (exact) mass is 306 g/mol. The Bertz CT molecular complexity index is 730. The van der Waals surface area contributed by atoms with Crippen LogP contribution in [0.2, 0.25) is 0 Å². The Morgan fingerprint density at radius 3 is 2.39 bits per heavy atom. The smallest absolute Gasteiger partial charge is 0.0729 e. The Morgan fingerprint density at radius 1 is 0.957 bits per heavy atom. The summed E-state index contributed by atoms with van der Waals surface area (Å²) in [7, 11) is 4.10. The molecule has 0 spiro atoms. The summed E-state index contributed by atoms with van der Waals surface area (Å²) in [4.78, 5) is 2.10. The summed E-state index contributed by atoms with van der Waals surface area (Å²) < 4.78 is 1.95. The van der Waals surface area contributed by atoms with Gasteiger partial charge in [0.15, 0.2) is 0 Å². The maximum absolute atomic E-state index is 4.41. The lowest BCUT2D eigenvalue weighted by molar-refractivity contribution is 0.687. The number of rotatable bonds is 6. The zero-order valence-corrected chi connectivity index (χ0v) is 13.6. The predicted molar refractivity (Wildman–Crippen MR) is 95.9 cm³/mol. The standard InChI is InChI=1S/C19H22N4/c1-22(2)19-10-8-16(9-11-19)12-20-18-13-21-23(15-18)14-17-6-4-3-5-7-17/h3-11,13,15,20H,12,14H2,1-2H3. The number of hydrogen-bond donors (Lipinski definition) is 1. The van der Waals surface area contributed by atoms with Gasteiger partial charge in [-0.25, -0.2) is 0 Å². The van der Waals surface area contributed by atoms with E-state index in [1.165, 1.54) is 16.8 Å². The average Bonchev–Trinajstić information content (AvgIpc) is 3.02. The molecule has 0 aliphatic heterocycles. The third kappa shape index (κ3) is 4.13. The second-order valence-corrected chi connectivity index (χ2v) is 5.83. The fourth-order valence-electron chi connectivity index (χ4n) is 2.43. The van der Waals surface area contributed by atoms with Crippen molar-refractivity contribution in [3.8, 4) is 0 Å². The van der Waals surface area contributed by atoms with E-state index in [-0.39, 0.29) is 0 Å². The molecular formula is C19H22N4. The zero-order valence-electron chi connectivity index (χ0n) is 13.6. The van der Waals surface area contributed by atoms with Crippen molar-refractivity contribution >= 4 is 11.4 Å². The van der Waals surface area contributed by atoms with Crippen LogP contribution in [-0.4, -0.2) is 23.9 Å². The van der Waals surface area contributed by atoms with Crippen LogP contribution in [0.5, 0.6) is 0 Å². The number of hydrogen-bond acceptors (Lipinski definition) is 3. The van der Waals surface area contributed by atoms with E-state index in [0.29, 0.717) is 0 Å². The minimum Gasteiger partial charge on any atom is -0.378 e. The molecule has 3 rings (SSSR count). The van der Waals surface area contributed by atoms with Gasteiger partial charge in [-0.2, -0.15) is 5.10 Å². The number of nitrogens with one attached hydrogen (secondary N) is 1. The SMILES string of the molecule is CN(C)c1ccc(CNc2cnn(Cc3ccccc3)c2)cc1.